The zero-order chi connectivity index (χ0) is 28.1. The van der Waals surface area contributed by atoms with Crippen LogP contribution in [0.5, 0.6) is 0 Å². The molecule has 1 N–H and O–H groups in total. The van der Waals surface area contributed by atoms with Gasteiger partial charge in [0.15, 0.2) is 0 Å². The minimum atomic E-state index is -0.935. The summed E-state index contributed by atoms with van der Waals surface area (Å²) in [6, 6.07) is 9.82. The predicted molar refractivity (Wildman–Crippen MR) is 140 cm³/mol. The number of carbonyl (C=O) groups excluding carboxylic acids is 2. The van der Waals surface area contributed by atoms with Crippen molar-refractivity contribution in [2.24, 2.45) is 0 Å². The summed E-state index contributed by atoms with van der Waals surface area (Å²) in [7, 11) is 0. The number of ether oxygens (including phenoxy) is 5. The van der Waals surface area contributed by atoms with Crippen LogP contribution in [0.15, 0.2) is 66.8 Å². The summed E-state index contributed by atoms with van der Waals surface area (Å²) in [4.78, 5) is 33.1. The molecule has 1 rings (SSSR count). The van der Waals surface area contributed by atoms with Crippen molar-refractivity contribution in [1.29, 1.82) is 0 Å². The van der Waals surface area contributed by atoms with E-state index in [-0.39, 0.29) is 24.9 Å². The lowest BCUT2D eigenvalue weighted by Crippen LogP contribution is -2.25. The molecule has 0 amide bonds. The van der Waals surface area contributed by atoms with Crippen molar-refractivity contribution in [1.82, 2.24) is 0 Å². The minimum Gasteiger partial charge on any atom is -0.478 e. The predicted octanol–water partition coefficient (Wildman–Crippen LogP) is 3.92. The maximum Gasteiger partial charge on any atom is 0.333 e. The third-order valence-electron chi connectivity index (χ3n) is 4.49. The second-order valence-electron chi connectivity index (χ2n) is 7.95. The molecular weight excluding hydrogens is 480 g/mol. The molecular formula is C28H40O9. The first-order valence-electron chi connectivity index (χ1n) is 12.0. The highest BCUT2D eigenvalue weighted by molar-refractivity contribution is 5.88. The van der Waals surface area contributed by atoms with Crippen LogP contribution in [-0.2, 0) is 44.5 Å². The number of esters is 2. The maximum atomic E-state index is 12.2. The van der Waals surface area contributed by atoms with Gasteiger partial charge in [-0.1, -0.05) is 50.1 Å². The Morgan fingerprint density at radius 2 is 1.43 bits per heavy atom. The molecule has 9 heteroatoms. The number of carboxylic acid groups (broad SMARTS) is 1. The minimum absolute atomic E-state index is 0.152. The van der Waals surface area contributed by atoms with Crippen molar-refractivity contribution in [3.05, 3.63) is 72.4 Å². The molecule has 1 aromatic rings. The SMILES string of the molecule is C=C(C)C(=O)O.C=C(C)C(=O)OCCOCCOC(COCC)CC(=C)C(=O)OCCc1ccccc1. The van der Waals surface area contributed by atoms with E-state index >= 15 is 0 Å². The number of hydrogen-bond donors (Lipinski definition) is 1. The topological polar surface area (TPSA) is 118 Å². The molecule has 0 spiro atoms. The standard InChI is InChI=1S/C24H34O7.C4H6O2/c1-5-27-18-22(29-15-13-28-14-16-31-23(25)19(2)3)17-20(4)24(26)30-12-11-21-9-7-6-8-10-21;1-3(2)4(5)6/h6-10,22H,2,4-5,11-18H2,1,3H3;1H2,2H3,(H,5,6). The van der Waals surface area contributed by atoms with Crippen LogP contribution < -0.4 is 0 Å². The molecule has 0 heterocycles. The molecule has 0 saturated heterocycles. The van der Waals surface area contributed by atoms with E-state index in [0.29, 0.717) is 57.0 Å². The normalized spacial score (nSPS) is 10.9. The van der Waals surface area contributed by atoms with Crippen molar-refractivity contribution < 1.29 is 43.2 Å². The Balaban J connectivity index is 0.00000192. The summed E-state index contributed by atoms with van der Waals surface area (Å²) >= 11 is 0. The Bertz CT molecular complexity index is 850. The van der Waals surface area contributed by atoms with Crippen molar-refractivity contribution in [3.63, 3.8) is 0 Å². The third kappa shape index (κ3) is 18.6. The molecule has 0 aliphatic heterocycles. The van der Waals surface area contributed by atoms with Crippen LogP contribution in [0, 0.1) is 0 Å². The number of rotatable bonds is 18. The zero-order valence-electron chi connectivity index (χ0n) is 22.2. The fourth-order valence-corrected chi connectivity index (χ4v) is 2.47. The average molecular weight is 521 g/mol. The van der Waals surface area contributed by atoms with Gasteiger partial charge in [0.05, 0.1) is 39.1 Å². The molecule has 206 valence electrons. The molecule has 1 atom stereocenters. The Morgan fingerprint density at radius 1 is 0.838 bits per heavy atom. The van der Waals surface area contributed by atoms with E-state index in [1.54, 1.807) is 6.92 Å². The van der Waals surface area contributed by atoms with Crippen LogP contribution in [0.3, 0.4) is 0 Å². The van der Waals surface area contributed by atoms with E-state index in [9.17, 15) is 14.4 Å². The summed E-state index contributed by atoms with van der Waals surface area (Å²) in [6.07, 6.45) is 0.622. The third-order valence-corrected chi connectivity index (χ3v) is 4.49. The molecule has 0 fully saturated rings. The maximum absolute atomic E-state index is 12.2. The summed E-state index contributed by atoms with van der Waals surface area (Å²) in [6.45, 7) is 17.6. The monoisotopic (exact) mass is 520 g/mol. The Morgan fingerprint density at radius 3 is 2.00 bits per heavy atom. The quantitative estimate of drug-likeness (QED) is 0.175. The lowest BCUT2D eigenvalue weighted by molar-refractivity contribution is -0.141. The lowest BCUT2D eigenvalue weighted by Gasteiger charge is -2.18. The molecule has 0 aliphatic rings. The number of benzene rings is 1. The number of hydrogen-bond acceptors (Lipinski definition) is 8. The lowest BCUT2D eigenvalue weighted by atomic mass is 10.1. The van der Waals surface area contributed by atoms with Crippen molar-refractivity contribution in [2.75, 3.05) is 46.2 Å². The van der Waals surface area contributed by atoms with E-state index < -0.39 is 17.9 Å². The van der Waals surface area contributed by atoms with Crippen LogP contribution in [0.4, 0.5) is 0 Å². The fourth-order valence-electron chi connectivity index (χ4n) is 2.47. The summed E-state index contributed by atoms with van der Waals surface area (Å²) in [5.74, 6) is -1.81. The van der Waals surface area contributed by atoms with E-state index in [1.807, 2.05) is 37.3 Å². The number of carbonyl (C=O) groups is 3. The molecule has 37 heavy (non-hydrogen) atoms. The first kappa shape index (κ1) is 33.7. The number of aliphatic carboxylic acids is 1. The van der Waals surface area contributed by atoms with Gasteiger partial charge in [0.25, 0.3) is 0 Å². The van der Waals surface area contributed by atoms with Crippen LogP contribution in [0.25, 0.3) is 0 Å². The smallest absolute Gasteiger partial charge is 0.333 e. The molecule has 1 aromatic carbocycles. The van der Waals surface area contributed by atoms with Crippen molar-refractivity contribution in [3.8, 4) is 0 Å². The first-order chi connectivity index (χ1) is 17.6. The highest BCUT2D eigenvalue weighted by Gasteiger charge is 2.17. The van der Waals surface area contributed by atoms with Crippen LogP contribution in [-0.4, -0.2) is 75.4 Å². The van der Waals surface area contributed by atoms with Gasteiger partial charge >= 0.3 is 17.9 Å². The summed E-state index contributed by atoms with van der Waals surface area (Å²) < 4.78 is 26.8. The highest BCUT2D eigenvalue weighted by Crippen LogP contribution is 2.11. The molecule has 0 aliphatic carbocycles. The highest BCUT2D eigenvalue weighted by atomic mass is 16.6. The van der Waals surface area contributed by atoms with Gasteiger partial charge in [-0.15, -0.1) is 0 Å². The molecule has 0 bridgehead atoms. The molecule has 0 radical (unpaired) electrons. The summed E-state index contributed by atoms with van der Waals surface area (Å²) in [5, 5.41) is 7.89. The largest absolute Gasteiger partial charge is 0.478 e. The Kier molecular flexibility index (Phi) is 19.0. The summed E-state index contributed by atoms with van der Waals surface area (Å²) in [5.41, 5.74) is 1.97. The average Bonchev–Trinajstić information content (AvgIpc) is 2.86. The first-order valence-corrected chi connectivity index (χ1v) is 12.0. The molecule has 9 nitrogen and oxygen atoms in total. The van der Waals surface area contributed by atoms with Gasteiger partial charge in [-0.25, -0.2) is 14.4 Å². The van der Waals surface area contributed by atoms with E-state index in [2.05, 4.69) is 19.7 Å². The van der Waals surface area contributed by atoms with Crippen LogP contribution in [0.1, 0.15) is 32.8 Å². The van der Waals surface area contributed by atoms with Gasteiger partial charge in [0.1, 0.15) is 6.61 Å². The van der Waals surface area contributed by atoms with Gasteiger partial charge in [0, 0.05) is 36.2 Å². The van der Waals surface area contributed by atoms with Crippen molar-refractivity contribution in [2.45, 2.75) is 39.7 Å². The van der Waals surface area contributed by atoms with Crippen molar-refractivity contribution >= 4 is 17.9 Å². The molecule has 1 unspecified atom stereocenters. The second-order valence-corrected chi connectivity index (χ2v) is 7.95. The Hall–Kier alpha value is -3.27. The van der Waals surface area contributed by atoms with Gasteiger partial charge in [-0.05, 0) is 26.3 Å². The van der Waals surface area contributed by atoms with E-state index in [0.717, 1.165) is 5.56 Å². The van der Waals surface area contributed by atoms with Gasteiger partial charge in [-0.3, -0.25) is 0 Å². The molecule has 0 aromatic heterocycles. The van der Waals surface area contributed by atoms with Gasteiger partial charge in [0.2, 0.25) is 0 Å². The van der Waals surface area contributed by atoms with E-state index in [4.69, 9.17) is 28.8 Å². The zero-order valence-corrected chi connectivity index (χ0v) is 22.2. The second kappa shape index (κ2) is 20.9. The fraction of sp³-hybridized carbons (Fsp3) is 0.464. The Labute approximate surface area is 219 Å². The number of carboxylic acids is 1. The van der Waals surface area contributed by atoms with Gasteiger partial charge < -0.3 is 28.8 Å². The van der Waals surface area contributed by atoms with Crippen LogP contribution in [0.2, 0.25) is 0 Å². The van der Waals surface area contributed by atoms with Gasteiger partial charge in [-0.2, -0.15) is 0 Å². The van der Waals surface area contributed by atoms with E-state index in [1.165, 1.54) is 6.92 Å². The van der Waals surface area contributed by atoms with Crippen LogP contribution >= 0.6 is 0 Å². The molecule has 0 saturated carbocycles.